The number of rotatable bonds is 6. The quantitative estimate of drug-likeness (QED) is 0.613. The van der Waals surface area contributed by atoms with Crippen LogP contribution < -0.4 is 5.32 Å². The van der Waals surface area contributed by atoms with Gasteiger partial charge in [-0.2, -0.15) is 5.10 Å². The van der Waals surface area contributed by atoms with E-state index in [4.69, 9.17) is 4.74 Å². The third kappa shape index (κ3) is 4.01. The lowest BCUT2D eigenvalue weighted by atomic mass is 10.0. The number of esters is 1. The van der Waals surface area contributed by atoms with Crippen molar-refractivity contribution >= 4 is 28.2 Å². The second-order valence-corrected chi connectivity index (χ2v) is 8.24. The van der Waals surface area contributed by atoms with Crippen LogP contribution in [0.25, 0.3) is 0 Å². The summed E-state index contributed by atoms with van der Waals surface area (Å²) in [5.41, 5.74) is 3.18. The Hall–Kier alpha value is -2.97. The minimum atomic E-state index is -0.414. The number of ether oxygens (including phenoxy) is 1. The van der Waals surface area contributed by atoms with E-state index >= 15 is 0 Å². The first-order valence-electron chi connectivity index (χ1n) is 9.93. The highest BCUT2D eigenvalue weighted by Crippen LogP contribution is 2.38. The number of hydrogen-bond acceptors (Lipinski definition) is 6. The highest BCUT2D eigenvalue weighted by Gasteiger charge is 2.29. The van der Waals surface area contributed by atoms with Crippen molar-refractivity contribution in [3.63, 3.8) is 0 Å². The van der Waals surface area contributed by atoms with Gasteiger partial charge in [-0.05, 0) is 30.5 Å². The van der Waals surface area contributed by atoms with Gasteiger partial charge < -0.3 is 10.1 Å². The average Bonchev–Trinajstić information content (AvgIpc) is 3.37. The van der Waals surface area contributed by atoms with Crippen LogP contribution in [0.3, 0.4) is 0 Å². The zero-order valence-corrected chi connectivity index (χ0v) is 17.9. The lowest BCUT2D eigenvalue weighted by Crippen LogP contribution is -2.29. The molecule has 0 spiro atoms. The van der Waals surface area contributed by atoms with E-state index in [1.54, 1.807) is 16.9 Å². The Kier molecular flexibility index (Phi) is 5.96. The van der Waals surface area contributed by atoms with Crippen molar-refractivity contribution in [2.45, 2.75) is 33.0 Å². The van der Waals surface area contributed by atoms with Crippen LogP contribution in [0.5, 0.6) is 0 Å². The third-order valence-electron chi connectivity index (χ3n) is 5.25. The second kappa shape index (κ2) is 8.81. The molecule has 3 heterocycles. The highest BCUT2D eigenvalue weighted by molar-refractivity contribution is 7.17. The summed E-state index contributed by atoms with van der Waals surface area (Å²) in [6.07, 6.45) is 2.34. The number of aromatic nitrogens is 2. The first-order chi connectivity index (χ1) is 14.6. The Morgan fingerprint density at radius 3 is 2.77 bits per heavy atom. The van der Waals surface area contributed by atoms with Crippen molar-refractivity contribution in [1.82, 2.24) is 14.7 Å². The van der Waals surface area contributed by atoms with E-state index in [2.05, 4.69) is 27.4 Å². The van der Waals surface area contributed by atoms with Crippen LogP contribution in [0.1, 0.15) is 43.8 Å². The summed E-state index contributed by atoms with van der Waals surface area (Å²) in [4.78, 5) is 28.8. The van der Waals surface area contributed by atoms with Gasteiger partial charge in [0, 0.05) is 37.3 Å². The number of nitrogens with zero attached hydrogens (tertiary/aromatic N) is 3. The van der Waals surface area contributed by atoms with Crippen molar-refractivity contribution in [3.05, 3.63) is 69.9 Å². The molecule has 1 amide bonds. The summed E-state index contributed by atoms with van der Waals surface area (Å²) in [7, 11) is 1.37. The molecule has 8 heteroatoms. The first-order valence-corrected chi connectivity index (χ1v) is 10.7. The maximum atomic E-state index is 12.8. The highest BCUT2D eigenvalue weighted by atomic mass is 32.1. The van der Waals surface area contributed by atoms with Gasteiger partial charge in [0.15, 0.2) is 0 Å². The molecule has 1 aliphatic heterocycles. The number of fused-ring (bicyclic) bond motifs is 1. The number of anilines is 1. The van der Waals surface area contributed by atoms with Crippen molar-refractivity contribution in [3.8, 4) is 0 Å². The number of carbonyl (C=O) groups is 2. The molecule has 30 heavy (non-hydrogen) atoms. The molecular weight excluding hydrogens is 400 g/mol. The monoisotopic (exact) mass is 424 g/mol. The Morgan fingerprint density at radius 1 is 1.23 bits per heavy atom. The van der Waals surface area contributed by atoms with Gasteiger partial charge in [0.25, 0.3) is 5.91 Å². The molecule has 0 saturated carbocycles. The number of benzene rings is 1. The summed E-state index contributed by atoms with van der Waals surface area (Å²) in [6, 6.07) is 12.0. The Labute approximate surface area is 179 Å². The van der Waals surface area contributed by atoms with Gasteiger partial charge in [0.1, 0.15) is 10.7 Å². The molecule has 0 saturated heterocycles. The number of amides is 1. The second-order valence-electron chi connectivity index (χ2n) is 7.13. The number of nitrogens with one attached hydrogen (secondary N) is 1. The molecule has 1 N–H and O–H groups in total. The molecule has 4 rings (SSSR count). The van der Waals surface area contributed by atoms with Crippen LogP contribution in [-0.4, -0.2) is 40.2 Å². The Bertz CT molecular complexity index is 1060. The van der Waals surface area contributed by atoms with Crippen molar-refractivity contribution in [1.29, 1.82) is 0 Å². The molecule has 1 aliphatic rings. The Morgan fingerprint density at radius 2 is 2.03 bits per heavy atom. The molecule has 0 atom stereocenters. The van der Waals surface area contributed by atoms with E-state index in [9.17, 15) is 9.59 Å². The summed E-state index contributed by atoms with van der Waals surface area (Å²) >= 11 is 1.45. The molecule has 3 aromatic rings. The lowest BCUT2D eigenvalue weighted by Gasteiger charge is -2.27. The molecule has 0 fully saturated rings. The average molecular weight is 425 g/mol. The molecular formula is C22H24N4O3S. The fraction of sp³-hybridized carbons (Fsp3) is 0.318. The molecule has 0 unspecified atom stereocenters. The number of carbonyl (C=O) groups excluding carboxylic acids is 2. The number of aryl methyl sites for hydroxylation is 1. The van der Waals surface area contributed by atoms with Crippen LogP contribution in [0.15, 0.2) is 42.6 Å². The minimum absolute atomic E-state index is 0.278. The topological polar surface area (TPSA) is 76.5 Å². The van der Waals surface area contributed by atoms with Gasteiger partial charge in [0.2, 0.25) is 0 Å². The van der Waals surface area contributed by atoms with Crippen LogP contribution in [-0.2, 0) is 30.8 Å². The molecule has 7 nitrogen and oxygen atoms in total. The van der Waals surface area contributed by atoms with E-state index in [0.717, 1.165) is 36.5 Å². The predicted octanol–water partition coefficient (Wildman–Crippen LogP) is 3.56. The number of hydrogen-bond donors (Lipinski definition) is 1. The molecule has 1 aromatic carbocycles. The predicted molar refractivity (Wildman–Crippen MR) is 116 cm³/mol. The van der Waals surface area contributed by atoms with Gasteiger partial charge >= 0.3 is 5.97 Å². The minimum Gasteiger partial charge on any atom is -0.465 e. The molecule has 2 aromatic heterocycles. The fourth-order valence-corrected chi connectivity index (χ4v) is 5.06. The van der Waals surface area contributed by atoms with E-state index < -0.39 is 5.97 Å². The van der Waals surface area contributed by atoms with Gasteiger partial charge in [-0.15, -0.1) is 11.3 Å². The van der Waals surface area contributed by atoms with Crippen molar-refractivity contribution < 1.29 is 14.3 Å². The largest absolute Gasteiger partial charge is 0.465 e. The summed E-state index contributed by atoms with van der Waals surface area (Å²) in [6.45, 7) is 4.95. The number of thiophene rings is 1. The normalized spacial score (nSPS) is 13.7. The standard InChI is InChI=1S/C22H24N4O3S/c1-3-26-17(9-11-23-26)20(27)24-21-19(22(28)29-2)16-10-12-25(14-18(16)30-21)13-15-7-5-4-6-8-15/h4-9,11H,3,10,12-14H2,1-2H3,(H,24,27). The summed E-state index contributed by atoms with van der Waals surface area (Å²) < 4.78 is 6.65. The maximum Gasteiger partial charge on any atom is 0.341 e. The lowest BCUT2D eigenvalue weighted by molar-refractivity contribution is 0.0600. The Balaban J connectivity index is 1.59. The summed E-state index contributed by atoms with van der Waals surface area (Å²) in [5, 5.41) is 7.61. The smallest absolute Gasteiger partial charge is 0.341 e. The van der Waals surface area contributed by atoms with Crippen LogP contribution in [0.2, 0.25) is 0 Å². The SMILES string of the molecule is CCn1nccc1C(=O)Nc1sc2c(c1C(=O)OC)CCN(Cc1ccccc1)C2. The maximum absolute atomic E-state index is 12.8. The first kappa shape index (κ1) is 20.3. The molecule has 0 radical (unpaired) electrons. The van der Waals surface area contributed by atoms with Crippen molar-refractivity contribution in [2.24, 2.45) is 0 Å². The van der Waals surface area contributed by atoms with E-state index in [-0.39, 0.29) is 5.91 Å². The van der Waals surface area contributed by atoms with Crippen LogP contribution >= 0.6 is 11.3 Å². The van der Waals surface area contributed by atoms with Crippen molar-refractivity contribution in [2.75, 3.05) is 19.0 Å². The van der Waals surface area contributed by atoms with E-state index in [0.29, 0.717) is 22.8 Å². The molecule has 0 aliphatic carbocycles. The fourth-order valence-electron chi connectivity index (χ4n) is 3.78. The van der Waals surface area contributed by atoms with Gasteiger partial charge in [-0.1, -0.05) is 30.3 Å². The van der Waals surface area contributed by atoms with Gasteiger partial charge in [0.05, 0.1) is 12.7 Å². The van der Waals surface area contributed by atoms with Crippen LogP contribution in [0.4, 0.5) is 5.00 Å². The molecule has 156 valence electrons. The van der Waals surface area contributed by atoms with Gasteiger partial charge in [-0.3, -0.25) is 14.4 Å². The van der Waals surface area contributed by atoms with E-state index in [1.807, 2.05) is 25.1 Å². The van der Waals surface area contributed by atoms with E-state index in [1.165, 1.54) is 24.0 Å². The third-order valence-corrected chi connectivity index (χ3v) is 6.38. The van der Waals surface area contributed by atoms with Crippen LogP contribution in [0, 0.1) is 0 Å². The van der Waals surface area contributed by atoms with Gasteiger partial charge in [-0.25, -0.2) is 4.79 Å². The number of methoxy groups -OCH3 is 1. The zero-order chi connectivity index (χ0) is 21.1. The summed E-state index contributed by atoms with van der Waals surface area (Å²) in [5.74, 6) is -0.692. The molecule has 0 bridgehead atoms. The zero-order valence-electron chi connectivity index (χ0n) is 17.1.